The maximum atomic E-state index is 13.7. The van der Waals surface area contributed by atoms with Crippen LogP contribution in [-0.2, 0) is 11.2 Å². The molecule has 0 radical (unpaired) electrons. The van der Waals surface area contributed by atoms with Crippen molar-refractivity contribution >= 4 is 11.6 Å². The number of carbonyl (C=O) groups excluding carboxylic acids is 1. The highest BCUT2D eigenvalue weighted by molar-refractivity contribution is 5.93. The monoisotopic (exact) mass is 340 g/mol. The zero-order valence-corrected chi connectivity index (χ0v) is 13.3. The van der Waals surface area contributed by atoms with Crippen molar-refractivity contribution in [3.05, 3.63) is 35.9 Å². The second kappa shape index (κ2) is 5.88. The predicted molar refractivity (Wildman–Crippen MR) is 81.9 cm³/mol. The standard InChI is InChI=1S/C17H19F3N2O2/c1-11-7-8-14-13(9-11)16(24,17(18,19)20)22(21-14)15(23)10-12-5-3-2-4-6-12/h2-6,11,13,24H,7-10H2,1H3/t11-,13+,16+/m1/s1. The lowest BCUT2D eigenvalue weighted by Gasteiger charge is -2.39. The molecule has 130 valence electrons. The zero-order chi connectivity index (χ0) is 17.5. The molecule has 1 saturated carbocycles. The molecule has 0 bridgehead atoms. The summed E-state index contributed by atoms with van der Waals surface area (Å²) in [7, 11) is 0. The Labute approximate surface area is 138 Å². The number of alkyl halides is 3. The Bertz CT molecular complexity index is 660. The fourth-order valence-electron chi connectivity index (χ4n) is 3.50. The quantitative estimate of drug-likeness (QED) is 0.899. The van der Waals surface area contributed by atoms with Gasteiger partial charge in [0.25, 0.3) is 5.72 Å². The molecule has 1 aromatic carbocycles. The number of hydrogen-bond acceptors (Lipinski definition) is 3. The Kier molecular flexibility index (Phi) is 4.15. The van der Waals surface area contributed by atoms with Gasteiger partial charge in [0.05, 0.1) is 12.3 Å². The Morgan fingerprint density at radius 1 is 1.38 bits per heavy atom. The van der Waals surface area contributed by atoms with Crippen LogP contribution in [-0.4, -0.2) is 33.6 Å². The van der Waals surface area contributed by atoms with Crippen molar-refractivity contribution in [2.45, 2.75) is 44.5 Å². The zero-order valence-electron chi connectivity index (χ0n) is 13.3. The van der Waals surface area contributed by atoms with Gasteiger partial charge < -0.3 is 5.11 Å². The molecule has 1 amide bonds. The van der Waals surface area contributed by atoms with Crippen molar-refractivity contribution < 1.29 is 23.1 Å². The van der Waals surface area contributed by atoms with E-state index in [0.717, 1.165) is 0 Å². The summed E-state index contributed by atoms with van der Waals surface area (Å²) >= 11 is 0. The molecule has 0 spiro atoms. The molecule has 1 N–H and O–H groups in total. The molecule has 24 heavy (non-hydrogen) atoms. The van der Waals surface area contributed by atoms with Crippen molar-refractivity contribution in [1.82, 2.24) is 5.01 Å². The number of benzene rings is 1. The number of aliphatic hydroxyl groups is 1. The third-order valence-electron chi connectivity index (χ3n) is 4.82. The van der Waals surface area contributed by atoms with Crippen molar-refractivity contribution in [2.75, 3.05) is 0 Å². The van der Waals surface area contributed by atoms with Crippen LogP contribution in [0.4, 0.5) is 13.2 Å². The number of rotatable bonds is 2. The van der Waals surface area contributed by atoms with Crippen LogP contribution in [0, 0.1) is 11.8 Å². The molecule has 1 heterocycles. The first-order valence-electron chi connectivity index (χ1n) is 7.97. The lowest BCUT2D eigenvalue weighted by atomic mass is 9.76. The number of nitrogens with zero attached hydrogens (tertiary/aromatic N) is 2. The van der Waals surface area contributed by atoms with E-state index in [4.69, 9.17) is 0 Å². The second-order valence-corrected chi connectivity index (χ2v) is 6.62. The number of hydrazone groups is 1. The Hall–Kier alpha value is -1.89. The van der Waals surface area contributed by atoms with Gasteiger partial charge in [-0.2, -0.15) is 23.3 Å². The molecule has 0 saturated heterocycles. The van der Waals surface area contributed by atoms with Crippen LogP contribution < -0.4 is 0 Å². The van der Waals surface area contributed by atoms with Crippen molar-refractivity contribution in [3.63, 3.8) is 0 Å². The summed E-state index contributed by atoms with van der Waals surface area (Å²) in [5.74, 6) is -1.98. The maximum absolute atomic E-state index is 13.7. The van der Waals surface area contributed by atoms with Gasteiger partial charge in [-0.05, 0) is 30.7 Å². The predicted octanol–water partition coefficient (Wildman–Crippen LogP) is 3.11. The molecule has 7 heteroatoms. The summed E-state index contributed by atoms with van der Waals surface area (Å²) in [5, 5.41) is 14.7. The van der Waals surface area contributed by atoms with Gasteiger partial charge in [0.1, 0.15) is 0 Å². The van der Waals surface area contributed by atoms with Crippen molar-refractivity contribution in [3.8, 4) is 0 Å². The van der Waals surface area contributed by atoms with E-state index in [0.29, 0.717) is 18.4 Å². The van der Waals surface area contributed by atoms with E-state index in [1.54, 1.807) is 30.3 Å². The lowest BCUT2D eigenvalue weighted by Crippen LogP contribution is -2.62. The van der Waals surface area contributed by atoms with E-state index >= 15 is 0 Å². The first-order chi connectivity index (χ1) is 11.2. The second-order valence-electron chi connectivity index (χ2n) is 6.62. The number of halogens is 3. The maximum Gasteiger partial charge on any atom is 0.439 e. The number of amides is 1. The highest BCUT2D eigenvalue weighted by atomic mass is 19.4. The molecule has 1 fully saturated rings. The average Bonchev–Trinajstić information content (AvgIpc) is 2.82. The molecule has 0 aromatic heterocycles. The molecular formula is C17H19F3N2O2. The smallest absolute Gasteiger partial charge is 0.362 e. The largest absolute Gasteiger partial charge is 0.439 e. The highest BCUT2D eigenvalue weighted by Crippen LogP contribution is 2.49. The fourth-order valence-corrected chi connectivity index (χ4v) is 3.50. The van der Waals surface area contributed by atoms with E-state index in [9.17, 15) is 23.1 Å². The van der Waals surface area contributed by atoms with Gasteiger partial charge >= 0.3 is 6.18 Å². The van der Waals surface area contributed by atoms with Crippen LogP contribution in [0.3, 0.4) is 0 Å². The molecule has 2 aliphatic rings. The van der Waals surface area contributed by atoms with Gasteiger partial charge in [0, 0.05) is 5.71 Å². The highest BCUT2D eigenvalue weighted by Gasteiger charge is 2.68. The lowest BCUT2D eigenvalue weighted by molar-refractivity contribution is -0.317. The first kappa shape index (κ1) is 17.0. The third-order valence-corrected chi connectivity index (χ3v) is 4.82. The van der Waals surface area contributed by atoms with Crippen LogP contribution in [0.25, 0.3) is 0 Å². The summed E-state index contributed by atoms with van der Waals surface area (Å²) in [5.41, 5.74) is -2.40. The van der Waals surface area contributed by atoms with Crippen LogP contribution in [0.1, 0.15) is 31.7 Å². The molecule has 4 nitrogen and oxygen atoms in total. The van der Waals surface area contributed by atoms with E-state index < -0.39 is 23.7 Å². The third kappa shape index (κ3) is 2.70. The first-order valence-corrected chi connectivity index (χ1v) is 7.97. The van der Waals surface area contributed by atoms with Gasteiger partial charge in [-0.3, -0.25) is 4.79 Å². The van der Waals surface area contributed by atoms with E-state index in [-0.39, 0.29) is 29.5 Å². The van der Waals surface area contributed by atoms with Crippen LogP contribution in [0.2, 0.25) is 0 Å². The summed E-state index contributed by atoms with van der Waals surface area (Å²) in [4.78, 5) is 12.5. The molecule has 1 aliphatic carbocycles. The van der Waals surface area contributed by atoms with E-state index in [2.05, 4.69) is 5.10 Å². The molecular weight excluding hydrogens is 321 g/mol. The molecule has 1 aromatic rings. The minimum atomic E-state index is -4.97. The summed E-state index contributed by atoms with van der Waals surface area (Å²) in [6.07, 6.45) is -3.95. The van der Waals surface area contributed by atoms with Crippen LogP contribution in [0.15, 0.2) is 35.4 Å². The van der Waals surface area contributed by atoms with Gasteiger partial charge in [-0.1, -0.05) is 37.3 Å². The average molecular weight is 340 g/mol. The van der Waals surface area contributed by atoms with Crippen molar-refractivity contribution in [1.29, 1.82) is 0 Å². The molecule has 3 atom stereocenters. The van der Waals surface area contributed by atoms with Crippen LogP contribution in [0.5, 0.6) is 0 Å². The number of carbonyl (C=O) groups is 1. The van der Waals surface area contributed by atoms with Gasteiger partial charge in [-0.15, -0.1) is 0 Å². The SMILES string of the molecule is C[C@@H]1CCC2=NN(C(=O)Cc3ccccc3)[C@@](O)(C(F)(F)F)[C@H]2C1. The van der Waals surface area contributed by atoms with Crippen molar-refractivity contribution in [2.24, 2.45) is 16.9 Å². The Balaban J connectivity index is 1.93. The minimum absolute atomic E-state index is 0.0481. The van der Waals surface area contributed by atoms with E-state index in [1.807, 2.05) is 6.92 Å². The Morgan fingerprint density at radius 3 is 2.67 bits per heavy atom. The molecule has 1 aliphatic heterocycles. The molecule has 0 unspecified atom stereocenters. The number of hydrogen-bond donors (Lipinski definition) is 1. The Morgan fingerprint density at radius 2 is 2.04 bits per heavy atom. The van der Waals surface area contributed by atoms with Gasteiger partial charge in [0.15, 0.2) is 0 Å². The molecule has 3 rings (SSSR count). The van der Waals surface area contributed by atoms with E-state index in [1.165, 1.54) is 0 Å². The van der Waals surface area contributed by atoms with Gasteiger partial charge in [0.2, 0.25) is 5.91 Å². The van der Waals surface area contributed by atoms with Crippen LogP contribution >= 0.6 is 0 Å². The minimum Gasteiger partial charge on any atom is -0.362 e. The van der Waals surface area contributed by atoms with Gasteiger partial charge in [-0.25, -0.2) is 0 Å². The normalized spacial score (nSPS) is 30.0. The summed E-state index contributed by atoms with van der Waals surface area (Å²) in [6.45, 7) is 1.85. The topological polar surface area (TPSA) is 52.9 Å². The fraction of sp³-hybridized carbons (Fsp3) is 0.529. The summed E-state index contributed by atoms with van der Waals surface area (Å²) in [6, 6.07) is 8.48. The number of fused-ring (bicyclic) bond motifs is 1. The summed E-state index contributed by atoms with van der Waals surface area (Å²) < 4.78 is 41.0.